The number of hydrogen-bond acceptors (Lipinski definition) is 4. The van der Waals surface area contributed by atoms with E-state index in [2.05, 4.69) is 10.1 Å². The Bertz CT molecular complexity index is 235. The summed E-state index contributed by atoms with van der Waals surface area (Å²) in [6.45, 7) is 1.87. The van der Waals surface area contributed by atoms with Crippen LogP contribution in [0.4, 0.5) is 0 Å². The van der Waals surface area contributed by atoms with E-state index in [1.165, 1.54) is 0 Å². The number of oxime groups is 1. The van der Waals surface area contributed by atoms with E-state index >= 15 is 0 Å². The molecule has 0 bridgehead atoms. The molecule has 2 aliphatic heterocycles. The minimum atomic E-state index is -0.114. The quantitative estimate of drug-likeness (QED) is 0.361. The first-order chi connectivity index (χ1) is 6.30. The molecule has 0 saturated carbocycles. The van der Waals surface area contributed by atoms with Gasteiger partial charge < -0.3 is 9.94 Å². The van der Waals surface area contributed by atoms with E-state index in [0.29, 0.717) is 0 Å². The Morgan fingerprint density at radius 2 is 2.43 bits per heavy atom. The van der Waals surface area contributed by atoms with Crippen molar-refractivity contribution < 1.29 is 61.3 Å². The van der Waals surface area contributed by atoms with Crippen LogP contribution in [0, 0.1) is 0 Å². The van der Waals surface area contributed by atoms with Crippen molar-refractivity contribution in [1.82, 2.24) is 4.90 Å². The smallest absolute Gasteiger partial charge is 0.853 e. The van der Waals surface area contributed by atoms with Crippen molar-refractivity contribution in [2.24, 2.45) is 5.16 Å². The molecule has 0 spiro atoms. The van der Waals surface area contributed by atoms with E-state index in [0.717, 1.165) is 38.1 Å². The summed E-state index contributed by atoms with van der Waals surface area (Å²) in [5, 5.41) is 15.1. The third-order valence-electron chi connectivity index (χ3n) is 3.14. The van der Waals surface area contributed by atoms with Crippen molar-refractivity contribution in [1.29, 1.82) is 0 Å². The Balaban J connectivity index is 0.000000980. The van der Waals surface area contributed by atoms with Crippen molar-refractivity contribution in [3.05, 3.63) is 0 Å². The molecule has 2 aliphatic rings. The summed E-state index contributed by atoms with van der Waals surface area (Å²) in [4.78, 5) is 7.00. The minimum Gasteiger partial charge on any atom is -0.853 e. The Labute approximate surface area is 127 Å². The molecule has 2 rings (SSSR count). The fourth-order valence-electron chi connectivity index (χ4n) is 2.50. The van der Waals surface area contributed by atoms with Crippen molar-refractivity contribution in [2.75, 3.05) is 26.8 Å². The number of rotatable bonds is 2. The topological polar surface area (TPSA) is 47.9 Å². The molecule has 0 aliphatic carbocycles. The van der Waals surface area contributed by atoms with Gasteiger partial charge >= 0.3 is 51.4 Å². The molecule has 2 heterocycles. The van der Waals surface area contributed by atoms with Gasteiger partial charge in [-0.25, -0.2) is 0 Å². The summed E-state index contributed by atoms with van der Waals surface area (Å²) in [7, 11) is 1.56. The zero-order chi connectivity index (χ0) is 9.31. The molecule has 0 N–H and O–H groups in total. The summed E-state index contributed by atoms with van der Waals surface area (Å²) in [5.41, 5.74) is 0.912. The van der Waals surface area contributed by atoms with Crippen LogP contribution in [0.3, 0.4) is 0 Å². The molecule has 0 aromatic heterocycles. The largest absolute Gasteiger partial charge is 1.00 e. The average molecular weight is 222 g/mol. The van der Waals surface area contributed by atoms with Gasteiger partial charge in [-0.05, 0) is 19.4 Å². The van der Waals surface area contributed by atoms with Crippen LogP contribution in [-0.2, 0) is 4.84 Å². The first-order valence-corrected chi connectivity index (χ1v) is 4.73. The van der Waals surface area contributed by atoms with Crippen LogP contribution in [0.15, 0.2) is 5.16 Å². The molecule has 1 unspecified atom stereocenters. The van der Waals surface area contributed by atoms with E-state index in [-0.39, 0.29) is 63.5 Å². The van der Waals surface area contributed by atoms with E-state index in [9.17, 15) is 5.11 Å². The van der Waals surface area contributed by atoms with E-state index in [1.807, 2.05) is 0 Å². The summed E-state index contributed by atoms with van der Waals surface area (Å²) in [6.07, 6.45) is 2.99. The first-order valence-electron chi connectivity index (χ1n) is 4.73. The fourth-order valence-corrected chi connectivity index (χ4v) is 2.50. The second-order valence-electron chi connectivity index (χ2n) is 3.91. The van der Waals surface area contributed by atoms with Crippen LogP contribution in [-0.4, -0.2) is 43.0 Å². The van der Waals surface area contributed by atoms with Crippen LogP contribution in [0.5, 0.6) is 0 Å². The van der Waals surface area contributed by atoms with E-state index < -0.39 is 0 Å². The molecule has 0 amide bonds. The van der Waals surface area contributed by atoms with E-state index in [4.69, 9.17) is 4.84 Å². The second kappa shape index (κ2) is 5.38. The Morgan fingerprint density at radius 1 is 1.64 bits per heavy atom. The van der Waals surface area contributed by atoms with Crippen molar-refractivity contribution in [2.45, 2.75) is 24.8 Å². The van der Waals surface area contributed by atoms with Gasteiger partial charge in [0.25, 0.3) is 0 Å². The molecule has 2 saturated heterocycles. The van der Waals surface area contributed by atoms with Crippen LogP contribution < -0.4 is 56.5 Å². The van der Waals surface area contributed by atoms with Gasteiger partial charge in [0.15, 0.2) is 0 Å². The van der Waals surface area contributed by atoms with Crippen LogP contribution in [0.1, 0.15) is 19.3 Å². The standard InChI is InChI=1S/C9H15N2O2.K/c1-13-10-8-5-9(7-12)3-2-4-11(9)6-8;/h2-7H2,1H3;/q-1;+1/b10-8-;. The molecule has 1 atom stereocenters. The van der Waals surface area contributed by atoms with Gasteiger partial charge in [-0.2, -0.15) is 0 Å². The Morgan fingerprint density at radius 3 is 3.00 bits per heavy atom. The summed E-state index contributed by atoms with van der Waals surface area (Å²) >= 11 is 0. The van der Waals surface area contributed by atoms with Crippen molar-refractivity contribution in [3.63, 3.8) is 0 Å². The van der Waals surface area contributed by atoms with E-state index in [1.54, 1.807) is 7.11 Å². The molecule has 2 fully saturated rings. The monoisotopic (exact) mass is 222 g/mol. The average Bonchev–Trinajstić information content (AvgIpc) is 2.61. The molecule has 0 aromatic carbocycles. The molecule has 74 valence electrons. The van der Waals surface area contributed by atoms with Crippen LogP contribution in [0.2, 0.25) is 0 Å². The second-order valence-corrected chi connectivity index (χ2v) is 3.91. The Kier molecular flexibility index (Phi) is 5.03. The summed E-state index contributed by atoms with van der Waals surface area (Å²) < 4.78 is 0. The number of hydrogen-bond donors (Lipinski definition) is 0. The van der Waals surface area contributed by atoms with Crippen LogP contribution >= 0.6 is 0 Å². The van der Waals surface area contributed by atoms with Gasteiger partial charge in [0.05, 0.1) is 5.71 Å². The predicted octanol–water partition coefficient (Wildman–Crippen LogP) is -3.41. The van der Waals surface area contributed by atoms with Gasteiger partial charge in [-0.1, -0.05) is 5.16 Å². The van der Waals surface area contributed by atoms with Crippen LogP contribution in [0.25, 0.3) is 0 Å². The normalized spacial score (nSPS) is 34.3. The number of nitrogens with zero attached hydrogens (tertiary/aromatic N) is 2. The third kappa shape index (κ3) is 2.24. The van der Waals surface area contributed by atoms with Gasteiger partial charge in [0, 0.05) is 18.5 Å². The molecular formula is C9H15KN2O2. The maximum atomic E-state index is 11.1. The molecule has 0 aromatic rings. The SMILES string of the molecule is CO/N=C1\CN2CCCC2(C[O-])C1.[K+]. The fraction of sp³-hybridized carbons (Fsp3) is 0.889. The zero-order valence-corrected chi connectivity index (χ0v) is 12.1. The maximum Gasteiger partial charge on any atom is 1.00 e. The summed E-state index contributed by atoms with van der Waals surface area (Å²) in [6, 6.07) is 0. The van der Waals surface area contributed by atoms with Gasteiger partial charge in [0.1, 0.15) is 7.11 Å². The molecule has 4 nitrogen and oxygen atoms in total. The van der Waals surface area contributed by atoms with Gasteiger partial charge in [-0.3, -0.25) is 4.90 Å². The number of fused-ring (bicyclic) bond motifs is 1. The molecular weight excluding hydrogens is 207 g/mol. The molecule has 14 heavy (non-hydrogen) atoms. The van der Waals surface area contributed by atoms with Gasteiger partial charge in [0.2, 0.25) is 0 Å². The summed E-state index contributed by atoms with van der Waals surface area (Å²) in [5.74, 6) is 0. The van der Waals surface area contributed by atoms with Gasteiger partial charge in [-0.15, -0.1) is 6.61 Å². The maximum absolute atomic E-state index is 11.1. The molecule has 5 heteroatoms. The van der Waals surface area contributed by atoms with Crippen molar-refractivity contribution >= 4 is 5.71 Å². The first kappa shape index (κ1) is 13.1. The Hall–Kier alpha value is 1.03. The zero-order valence-electron chi connectivity index (χ0n) is 8.95. The third-order valence-corrected chi connectivity index (χ3v) is 3.14. The van der Waals surface area contributed by atoms with Crippen molar-refractivity contribution in [3.8, 4) is 0 Å². The predicted molar refractivity (Wildman–Crippen MR) is 47.5 cm³/mol. The minimum absolute atomic E-state index is 0. The molecule has 0 radical (unpaired) electrons.